The fourth-order valence-electron chi connectivity index (χ4n) is 4.72. The predicted octanol–water partition coefficient (Wildman–Crippen LogP) is 6.66. The zero-order chi connectivity index (χ0) is 24.6. The van der Waals surface area contributed by atoms with Gasteiger partial charge in [0.05, 0.1) is 13.2 Å². The van der Waals surface area contributed by atoms with Crippen LogP contribution in [0.15, 0.2) is 72.8 Å². The molecule has 0 spiro atoms. The lowest BCUT2D eigenvalue weighted by Crippen LogP contribution is -2.45. The zero-order valence-electron chi connectivity index (χ0n) is 19.0. The van der Waals surface area contributed by atoms with E-state index in [0.29, 0.717) is 15.1 Å². The molecule has 188 valence electrons. The van der Waals surface area contributed by atoms with Gasteiger partial charge in [0.15, 0.2) is 18.9 Å². The molecule has 3 fully saturated rings. The smallest absolute Gasteiger partial charge is 0.185 e. The van der Waals surface area contributed by atoms with Crippen molar-refractivity contribution in [3.8, 4) is 0 Å². The maximum absolute atomic E-state index is 6.52. The van der Waals surface area contributed by atoms with Crippen molar-refractivity contribution in [1.29, 1.82) is 0 Å². The molecule has 4 bridgehead atoms. The van der Waals surface area contributed by atoms with E-state index >= 15 is 0 Å². The number of rotatable bonds is 3. The standard InChI is InChI=1S/C27H23Cl3O6/c28-18-7-1-4-15(10-18)25-31-13-21-24-23(35-25)22(34-27(33-21)17-6-3-9-20(30)12-17)14-32-26(36-24)16-5-2-8-19(29)11-16/h1-12,21-27H,13-14H2/t21-,22+,23-,24-,25?,26?,27?/m0/s1. The Kier molecular flexibility index (Phi) is 7.23. The number of hydrogen-bond donors (Lipinski definition) is 0. The van der Waals surface area contributed by atoms with Gasteiger partial charge < -0.3 is 28.4 Å². The molecular formula is C27H23Cl3O6. The SMILES string of the molecule is Clc1cccc(C2OC[C@H]3OC(c4cccc(Cl)c4)O[C@H]4COC(c5cccc(Cl)c5)O[C@@H]3[C@H]4O2)c1. The zero-order valence-corrected chi connectivity index (χ0v) is 21.2. The average Bonchev–Trinajstić information content (AvgIpc) is 3.23. The van der Waals surface area contributed by atoms with Crippen LogP contribution < -0.4 is 0 Å². The molecule has 3 aliphatic heterocycles. The highest BCUT2D eigenvalue weighted by atomic mass is 35.5. The van der Waals surface area contributed by atoms with Crippen LogP contribution in [0.1, 0.15) is 35.6 Å². The number of ether oxygens (including phenoxy) is 6. The van der Waals surface area contributed by atoms with Crippen LogP contribution in [-0.4, -0.2) is 37.6 Å². The summed E-state index contributed by atoms with van der Waals surface area (Å²) in [6, 6.07) is 22.2. The van der Waals surface area contributed by atoms with Crippen molar-refractivity contribution in [2.75, 3.05) is 13.2 Å². The van der Waals surface area contributed by atoms with Crippen molar-refractivity contribution in [3.63, 3.8) is 0 Å². The lowest BCUT2D eigenvalue weighted by molar-refractivity contribution is -0.262. The van der Waals surface area contributed by atoms with Gasteiger partial charge in [-0.3, -0.25) is 0 Å². The van der Waals surface area contributed by atoms with Crippen molar-refractivity contribution in [3.05, 3.63) is 105 Å². The highest BCUT2D eigenvalue weighted by molar-refractivity contribution is 6.31. The Bertz CT molecular complexity index is 1150. The van der Waals surface area contributed by atoms with Gasteiger partial charge in [0, 0.05) is 31.8 Å². The maximum Gasteiger partial charge on any atom is 0.185 e. The van der Waals surface area contributed by atoms with Crippen LogP contribution in [0.3, 0.4) is 0 Å². The first kappa shape index (κ1) is 24.6. The minimum absolute atomic E-state index is 0.202. The van der Waals surface area contributed by atoms with Gasteiger partial charge in [0.25, 0.3) is 0 Å². The van der Waals surface area contributed by atoms with Crippen LogP contribution in [0.4, 0.5) is 0 Å². The molecule has 3 saturated heterocycles. The molecule has 36 heavy (non-hydrogen) atoms. The van der Waals surface area contributed by atoms with E-state index < -0.39 is 43.3 Å². The molecule has 6 nitrogen and oxygen atoms in total. The third kappa shape index (κ3) is 5.16. The molecule has 3 heterocycles. The summed E-state index contributed by atoms with van der Waals surface area (Å²) in [5.74, 6) is 0. The van der Waals surface area contributed by atoms with Gasteiger partial charge in [-0.2, -0.15) is 0 Å². The van der Waals surface area contributed by atoms with Gasteiger partial charge in [0.2, 0.25) is 0 Å². The molecule has 0 aliphatic carbocycles. The maximum atomic E-state index is 6.52. The van der Waals surface area contributed by atoms with Crippen LogP contribution in [0.2, 0.25) is 15.1 Å². The minimum Gasteiger partial charge on any atom is -0.346 e. The normalized spacial score (nSPS) is 32.2. The van der Waals surface area contributed by atoms with Crippen LogP contribution in [-0.2, 0) is 28.4 Å². The van der Waals surface area contributed by atoms with Crippen LogP contribution >= 0.6 is 34.8 Å². The quantitative estimate of drug-likeness (QED) is 0.364. The van der Waals surface area contributed by atoms with Gasteiger partial charge in [0.1, 0.15) is 24.4 Å². The number of benzene rings is 3. The second kappa shape index (κ2) is 10.6. The van der Waals surface area contributed by atoms with Gasteiger partial charge >= 0.3 is 0 Å². The second-order valence-electron chi connectivity index (χ2n) is 8.88. The van der Waals surface area contributed by atoms with E-state index in [1.165, 1.54) is 0 Å². The third-order valence-electron chi connectivity index (χ3n) is 6.40. The fraction of sp³-hybridized carbons (Fsp3) is 0.333. The molecule has 3 aromatic carbocycles. The summed E-state index contributed by atoms with van der Waals surface area (Å²) < 4.78 is 38.4. The van der Waals surface area contributed by atoms with Gasteiger partial charge in [-0.15, -0.1) is 0 Å². The van der Waals surface area contributed by atoms with E-state index in [1.54, 1.807) is 18.2 Å². The van der Waals surface area contributed by atoms with E-state index in [0.717, 1.165) is 16.7 Å². The first-order valence-corrected chi connectivity index (χ1v) is 12.8. The third-order valence-corrected chi connectivity index (χ3v) is 7.11. The lowest BCUT2D eigenvalue weighted by atomic mass is 10.0. The Morgan fingerprint density at radius 1 is 0.500 bits per heavy atom. The summed E-state index contributed by atoms with van der Waals surface area (Å²) in [4.78, 5) is 0. The van der Waals surface area contributed by atoms with Gasteiger partial charge in [-0.25, -0.2) is 0 Å². The van der Waals surface area contributed by atoms with E-state index in [4.69, 9.17) is 63.2 Å². The summed E-state index contributed by atoms with van der Waals surface area (Å²) in [7, 11) is 0. The Morgan fingerprint density at radius 3 is 1.28 bits per heavy atom. The van der Waals surface area contributed by atoms with E-state index in [2.05, 4.69) is 0 Å². The molecule has 3 unspecified atom stereocenters. The van der Waals surface area contributed by atoms with Crippen LogP contribution in [0.25, 0.3) is 0 Å². The minimum atomic E-state index is -0.698. The molecule has 9 heteroatoms. The fourth-order valence-corrected chi connectivity index (χ4v) is 5.32. The second-order valence-corrected chi connectivity index (χ2v) is 10.2. The monoisotopic (exact) mass is 548 g/mol. The van der Waals surface area contributed by atoms with Crippen LogP contribution in [0.5, 0.6) is 0 Å². The molecular weight excluding hydrogens is 527 g/mol. The number of hydrogen-bond acceptors (Lipinski definition) is 6. The van der Waals surface area contributed by atoms with Crippen molar-refractivity contribution in [2.45, 2.75) is 43.3 Å². The topological polar surface area (TPSA) is 55.4 Å². The summed E-state index contributed by atoms with van der Waals surface area (Å²) in [6.07, 6.45) is -4.18. The van der Waals surface area contributed by atoms with Crippen molar-refractivity contribution in [1.82, 2.24) is 0 Å². The first-order valence-electron chi connectivity index (χ1n) is 11.6. The first-order chi connectivity index (χ1) is 17.5. The average molecular weight is 550 g/mol. The Labute approximate surface area is 223 Å². The molecule has 6 rings (SSSR count). The van der Waals surface area contributed by atoms with Gasteiger partial charge in [-0.05, 0) is 36.4 Å². The molecule has 0 saturated carbocycles. The van der Waals surface area contributed by atoms with E-state index in [-0.39, 0.29) is 13.2 Å². The van der Waals surface area contributed by atoms with Crippen molar-refractivity contribution in [2.24, 2.45) is 0 Å². The highest BCUT2D eigenvalue weighted by Gasteiger charge is 2.50. The molecule has 0 aromatic heterocycles. The molecule has 3 aliphatic rings. The van der Waals surface area contributed by atoms with Crippen LogP contribution in [0, 0.1) is 0 Å². The summed E-state index contributed by atoms with van der Waals surface area (Å²) in [5.41, 5.74) is 2.38. The van der Waals surface area contributed by atoms with E-state index in [1.807, 2.05) is 54.6 Å². The highest BCUT2D eigenvalue weighted by Crippen LogP contribution is 2.42. The molecule has 0 radical (unpaired) electrons. The summed E-state index contributed by atoms with van der Waals surface area (Å²) >= 11 is 18.7. The Hall–Kier alpha value is -1.71. The van der Waals surface area contributed by atoms with E-state index in [9.17, 15) is 0 Å². The number of halogens is 3. The summed E-state index contributed by atoms with van der Waals surface area (Å²) in [5, 5.41) is 1.78. The summed E-state index contributed by atoms with van der Waals surface area (Å²) in [6.45, 7) is 0.404. The molecule has 0 amide bonds. The molecule has 3 aromatic rings. The Balaban J connectivity index is 1.35. The van der Waals surface area contributed by atoms with Crippen molar-refractivity contribution < 1.29 is 28.4 Å². The largest absolute Gasteiger partial charge is 0.346 e. The molecule has 7 atom stereocenters. The lowest BCUT2D eigenvalue weighted by Gasteiger charge is -2.29. The molecule has 0 N–H and O–H groups in total. The van der Waals surface area contributed by atoms with Crippen molar-refractivity contribution >= 4 is 34.8 Å². The predicted molar refractivity (Wildman–Crippen MR) is 134 cm³/mol. The van der Waals surface area contributed by atoms with Gasteiger partial charge in [-0.1, -0.05) is 71.2 Å². The Morgan fingerprint density at radius 2 is 0.889 bits per heavy atom.